The summed E-state index contributed by atoms with van der Waals surface area (Å²) < 4.78 is 27.8. The lowest BCUT2D eigenvalue weighted by Crippen LogP contribution is -2.27. The van der Waals surface area contributed by atoms with Crippen molar-refractivity contribution < 1.29 is 18.4 Å². The van der Waals surface area contributed by atoms with Crippen LogP contribution in [0.1, 0.15) is 31.8 Å². The third-order valence-electron chi connectivity index (χ3n) is 4.48. The first kappa shape index (κ1) is 19.9. The van der Waals surface area contributed by atoms with Gasteiger partial charge < -0.3 is 0 Å². The van der Waals surface area contributed by atoms with Gasteiger partial charge in [-0.15, -0.1) is 0 Å². The average molecular weight is 399 g/mol. The van der Waals surface area contributed by atoms with Gasteiger partial charge in [-0.2, -0.15) is 0 Å². The molecule has 0 fully saturated rings. The maximum atomic E-state index is 14.2. The van der Waals surface area contributed by atoms with Gasteiger partial charge in [-0.3, -0.25) is 9.59 Å². The second-order valence-electron chi connectivity index (χ2n) is 6.61. The number of rotatable bonds is 6. The molecule has 0 heterocycles. The summed E-state index contributed by atoms with van der Waals surface area (Å²) in [5.74, 6) is -3.99. The molecule has 142 valence electrons. The van der Waals surface area contributed by atoms with Crippen LogP contribution >= 0.6 is 11.6 Å². The average Bonchev–Trinajstić information content (AvgIpc) is 2.67. The van der Waals surface area contributed by atoms with E-state index in [-0.39, 0.29) is 12.0 Å². The van der Waals surface area contributed by atoms with Crippen molar-refractivity contribution in [3.05, 3.63) is 106 Å². The maximum absolute atomic E-state index is 14.2. The molecule has 3 rings (SSSR count). The van der Waals surface area contributed by atoms with Gasteiger partial charge in [0.15, 0.2) is 11.6 Å². The maximum Gasteiger partial charge on any atom is 0.177 e. The molecule has 0 aliphatic carbocycles. The number of aryl methyl sites for hydroxylation is 1. The van der Waals surface area contributed by atoms with Gasteiger partial charge in [-0.05, 0) is 61.4 Å². The van der Waals surface area contributed by atoms with Crippen LogP contribution in [0, 0.1) is 24.5 Å². The van der Waals surface area contributed by atoms with E-state index >= 15 is 0 Å². The van der Waals surface area contributed by atoms with E-state index in [1.54, 1.807) is 18.2 Å². The van der Waals surface area contributed by atoms with Crippen LogP contribution < -0.4 is 0 Å². The molecular formula is C23H17ClF2O2. The van der Waals surface area contributed by atoms with E-state index in [1.807, 2.05) is 25.1 Å². The lowest BCUT2D eigenvalue weighted by molar-refractivity contribution is 0.0804. The Morgan fingerprint density at radius 1 is 0.929 bits per heavy atom. The highest BCUT2D eigenvalue weighted by Gasteiger charge is 2.30. The highest BCUT2D eigenvalue weighted by Crippen LogP contribution is 2.23. The van der Waals surface area contributed by atoms with E-state index in [9.17, 15) is 18.4 Å². The Morgan fingerprint density at radius 3 is 2.32 bits per heavy atom. The molecule has 5 heteroatoms. The first-order chi connectivity index (χ1) is 13.3. The molecule has 0 saturated carbocycles. The molecular weight excluding hydrogens is 382 g/mol. The predicted octanol–water partition coefficient (Wildman–Crippen LogP) is 5.85. The number of hydrogen-bond acceptors (Lipinski definition) is 2. The van der Waals surface area contributed by atoms with Gasteiger partial charge in [0.1, 0.15) is 11.6 Å². The molecule has 0 saturated heterocycles. The minimum atomic E-state index is -1.18. The fraction of sp³-hybridized carbons (Fsp3) is 0.130. The van der Waals surface area contributed by atoms with E-state index in [4.69, 9.17) is 11.6 Å². The smallest absolute Gasteiger partial charge is 0.177 e. The minimum Gasteiger partial charge on any atom is -0.293 e. The fourth-order valence-corrected chi connectivity index (χ4v) is 3.19. The Hall–Kier alpha value is -2.85. The molecule has 0 N–H and O–H groups in total. The SMILES string of the molecule is Cc1cccc(CC(C(=O)c2ccc(Cl)cc2)C(=O)c2cc(F)ccc2F)c1. The second-order valence-corrected chi connectivity index (χ2v) is 7.04. The van der Waals surface area contributed by atoms with Crippen molar-refractivity contribution in [2.75, 3.05) is 0 Å². The zero-order valence-electron chi connectivity index (χ0n) is 15.1. The van der Waals surface area contributed by atoms with Gasteiger partial charge in [0.2, 0.25) is 0 Å². The Kier molecular flexibility index (Phi) is 6.00. The molecule has 0 bridgehead atoms. The highest BCUT2D eigenvalue weighted by atomic mass is 35.5. The predicted molar refractivity (Wildman–Crippen MR) is 105 cm³/mol. The van der Waals surface area contributed by atoms with Crippen LogP contribution in [0.15, 0.2) is 66.7 Å². The molecule has 0 aliphatic heterocycles. The van der Waals surface area contributed by atoms with Crippen molar-refractivity contribution in [3.63, 3.8) is 0 Å². The number of hydrogen-bond donors (Lipinski definition) is 0. The molecule has 0 aliphatic rings. The standard InChI is InChI=1S/C23H17ClF2O2/c1-14-3-2-4-15(11-14)12-20(22(27)16-5-7-17(24)8-6-16)23(28)19-13-18(25)9-10-21(19)26/h2-11,13,20H,12H2,1H3. The van der Waals surface area contributed by atoms with Crippen LogP contribution in [0.4, 0.5) is 8.78 Å². The number of benzene rings is 3. The van der Waals surface area contributed by atoms with Gasteiger partial charge in [0.25, 0.3) is 0 Å². The molecule has 3 aromatic carbocycles. The summed E-state index contributed by atoms with van der Waals surface area (Å²) in [6.45, 7) is 1.90. The van der Waals surface area contributed by atoms with Crippen molar-refractivity contribution in [2.24, 2.45) is 5.92 Å². The molecule has 0 amide bonds. The Bertz CT molecular complexity index is 1030. The summed E-state index contributed by atoms with van der Waals surface area (Å²) in [6.07, 6.45) is 0.0813. The van der Waals surface area contributed by atoms with E-state index in [0.717, 1.165) is 29.3 Å². The van der Waals surface area contributed by atoms with Crippen LogP contribution in [0.2, 0.25) is 5.02 Å². The summed E-state index contributed by atoms with van der Waals surface area (Å²) >= 11 is 5.87. The van der Waals surface area contributed by atoms with Crippen molar-refractivity contribution in [1.29, 1.82) is 0 Å². The molecule has 28 heavy (non-hydrogen) atoms. The van der Waals surface area contributed by atoms with Crippen LogP contribution in [-0.2, 0) is 6.42 Å². The molecule has 1 unspecified atom stereocenters. The van der Waals surface area contributed by atoms with Crippen molar-refractivity contribution in [3.8, 4) is 0 Å². The van der Waals surface area contributed by atoms with E-state index in [0.29, 0.717) is 5.02 Å². The summed E-state index contributed by atoms with van der Waals surface area (Å²) in [7, 11) is 0. The second kappa shape index (κ2) is 8.44. The van der Waals surface area contributed by atoms with Crippen LogP contribution in [0.3, 0.4) is 0 Å². The number of Topliss-reactive ketones (excluding diaryl/α,β-unsaturated/α-hetero) is 2. The summed E-state index contributed by atoms with van der Waals surface area (Å²) in [6, 6.07) is 16.2. The minimum absolute atomic E-state index is 0.0813. The number of carbonyl (C=O) groups excluding carboxylic acids is 2. The Labute approximate surface area is 166 Å². The largest absolute Gasteiger partial charge is 0.293 e. The number of halogens is 3. The monoisotopic (exact) mass is 398 g/mol. The van der Waals surface area contributed by atoms with Crippen molar-refractivity contribution >= 4 is 23.2 Å². The zero-order chi connectivity index (χ0) is 20.3. The van der Waals surface area contributed by atoms with Gasteiger partial charge >= 0.3 is 0 Å². The first-order valence-electron chi connectivity index (χ1n) is 8.70. The van der Waals surface area contributed by atoms with Gasteiger partial charge in [-0.25, -0.2) is 8.78 Å². The van der Waals surface area contributed by atoms with Gasteiger partial charge in [0, 0.05) is 10.6 Å². The normalized spacial score (nSPS) is 11.9. The zero-order valence-corrected chi connectivity index (χ0v) is 15.8. The Morgan fingerprint density at radius 2 is 1.64 bits per heavy atom. The lowest BCUT2D eigenvalue weighted by atomic mass is 9.85. The highest BCUT2D eigenvalue weighted by molar-refractivity contribution is 6.30. The van der Waals surface area contributed by atoms with Gasteiger partial charge in [0.05, 0.1) is 11.5 Å². The van der Waals surface area contributed by atoms with Crippen LogP contribution in [0.25, 0.3) is 0 Å². The third kappa shape index (κ3) is 4.52. The quantitative estimate of drug-likeness (QED) is 0.385. The number of ketones is 2. The molecule has 0 spiro atoms. The van der Waals surface area contributed by atoms with E-state index in [2.05, 4.69) is 0 Å². The topological polar surface area (TPSA) is 34.1 Å². The lowest BCUT2D eigenvalue weighted by Gasteiger charge is -2.16. The molecule has 0 radical (unpaired) electrons. The molecule has 3 aromatic rings. The molecule has 0 aromatic heterocycles. The summed E-state index contributed by atoms with van der Waals surface area (Å²) in [5, 5.41) is 0.453. The van der Waals surface area contributed by atoms with Crippen molar-refractivity contribution in [1.82, 2.24) is 0 Å². The number of carbonyl (C=O) groups is 2. The van der Waals surface area contributed by atoms with Crippen molar-refractivity contribution in [2.45, 2.75) is 13.3 Å². The summed E-state index contributed by atoms with van der Waals surface area (Å²) in [4.78, 5) is 26.1. The van der Waals surface area contributed by atoms with Crippen LogP contribution in [0.5, 0.6) is 0 Å². The molecule has 1 atom stereocenters. The van der Waals surface area contributed by atoms with E-state index < -0.39 is 34.7 Å². The first-order valence-corrected chi connectivity index (χ1v) is 9.07. The fourth-order valence-electron chi connectivity index (χ4n) is 3.07. The van der Waals surface area contributed by atoms with Crippen LogP contribution in [-0.4, -0.2) is 11.6 Å². The summed E-state index contributed by atoms with van der Waals surface area (Å²) in [5.41, 5.74) is 1.59. The van der Waals surface area contributed by atoms with E-state index in [1.165, 1.54) is 12.1 Å². The third-order valence-corrected chi connectivity index (χ3v) is 4.73. The molecule has 2 nitrogen and oxygen atoms in total. The van der Waals surface area contributed by atoms with Gasteiger partial charge in [-0.1, -0.05) is 41.4 Å². The Balaban J connectivity index is 2.02.